The molecule has 9 heteroatoms. The number of imide groups is 1. The number of fused-ring (bicyclic) bond motifs is 2. The Hall–Kier alpha value is -3.00. The number of alkyl halides is 1. The average molecular weight is 406 g/mol. The molecule has 0 aromatic heterocycles. The number of nitrogens with one attached hydrogen (secondary N) is 1. The number of halogens is 3. The molecule has 3 N–H and O–H groups in total. The van der Waals surface area contributed by atoms with Gasteiger partial charge < -0.3 is 11.1 Å². The third-order valence-electron chi connectivity index (χ3n) is 5.24. The fraction of sp³-hybridized carbons (Fsp3) is 0.211. The molecule has 0 radical (unpaired) electrons. The van der Waals surface area contributed by atoms with Crippen molar-refractivity contribution >= 4 is 35.1 Å². The highest BCUT2D eigenvalue weighted by molar-refractivity contribution is 6.31. The van der Waals surface area contributed by atoms with Crippen LogP contribution in [0.4, 0.5) is 19.3 Å². The summed E-state index contributed by atoms with van der Waals surface area (Å²) in [5, 5.41) is 2.40. The highest BCUT2D eigenvalue weighted by atomic mass is 35.5. The van der Waals surface area contributed by atoms with Gasteiger partial charge in [0.15, 0.2) is 0 Å². The summed E-state index contributed by atoms with van der Waals surface area (Å²) in [5.74, 6) is -2.03. The summed E-state index contributed by atoms with van der Waals surface area (Å²) in [6.07, 6.45) is 0.418. The van der Waals surface area contributed by atoms with Crippen LogP contribution in [0.1, 0.15) is 33.5 Å². The number of rotatable bonds is 3. The summed E-state index contributed by atoms with van der Waals surface area (Å²) in [6.45, 7) is -0.880. The van der Waals surface area contributed by atoms with Crippen molar-refractivity contribution in [2.45, 2.75) is 25.1 Å². The molecule has 1 aliphatic heterocycles. The summed E-state index contributed by atoms with van der Waals surface area (Å²) in [4.78, 5) is 38.6. The van der Waals surface area contributed by atoms with Gasteiger partial charge in [-0.3, -0.25) is 9.59 Å². The summed E-state index contributed by atoms with van der Waals surface area (Å²) in [6, 6.07) is 5.54. The molecule has 28 heavy (non-hydrogen) atoms. The number of hydrogen-bond donors (Lipinski definition) is 2. The lowest BCUT2D eigenvalue weighted by atomic mass is 9.87. The lowest BCUT2D eigenvalue weighted by Gasteiger charge is -2.24. The summed E-state index contributed by atoms with van der Waals surface area (Å²) < 4.78 is 27.1. The zero-order chi connectivity index (χ0) is 20.2. The Bertz CT molecular complexity index is 1060. The average Bonchev–Trinajstić information content (AvgIpc) is 3.15. The second-order valence-electron chi connectivity index (χ2n) is 6.70. The molecule has 0 bridgehead atoms. The van der Waals surface area contributed by atoms with E-state index in [0.717, 1.165) is 11.0 Å². The first-order valence-corrected chi connectivity index (χ1v) is 8.80. The molecule has 4 rings (SSSR count). The smallest absolute Gasteiger partial charge is 0.329 e. The molecule has 1 unspecified atom stereocenters. The van der Waals surface area contributed by atoms with E-state index in [0.29, 0.717) is 5.56 Å². The van der Waals surface area contributed by atoms with E-state index in [9.17, 15) is 23.2 Å². The number of carbonyl (C=O) groups is 3. The number of nitrogens with two attached hydrogens (primary N) is 1. The van der Waals surface area contributed by atoms with Gasteiger partial charge in [-0.2, -0.15) is 0 Å². The van der Waals surface area contributed by atoms with Gasteiger partial charge in [-0.15, -0.1) is 0 Å². The van der Waals surface area contributed by atoms with Gasteiger partial charge >= 0.3 is 6.03 Å². The van der Waals surface area contributed by atoms with E-state index in [2.05, 4.69) is 5.32 Å². The number of benzene rings is 2. The number of hydrogen-bond acceptors (Lipinski definition) is 3. The van der Waals surface area contributed by atoms with Crippen LogP contribution in [0.2, 0.25) is 5.02 Å². The Labute approximate surface area is 163 Å². The molecule has 0 saturated carbocycles. The Morgan fingerprint density at radius 2 is 2.04 bits per heavy atom. The molecule has 2 aromatic carbocycles. The van der Waals surface area contributed by atoms with Gasteiger partial charge in [-0.25, -0.2) is 18.5 Å². The standard InChI is InChI=1S/C19H14ClF2N3O3/c20-13-7-10(2-4-14(13)22)25-17(27)19(24-18(25)28)6-5-11-12(16(23)26)3-1-9(8-21)15(11)19/h1-4,7H,5-6,8H2,(H2,23,26)(H,24,28). The predicted octanol–water partition coefficient (Wildman–Crippen LogP) is 2.95. The number of anilines is 1. The molecule has 1 atom stereocenters. The van der Waals surface area contributed by atoms with Gasteiger partial charge in [-0.1, -0.05) is 17.7 Å². The van der Waals surface area contributed by atoms with Crippen molar-refractivity contribution < 1.29 is 23.2 Å². The maximum Gasteiger partial charge on any atom is 0.329 e. The fourth-order valence-electron chi connectivity index (χ4n) is 4.04. The van der Waals surface area contributed by atoms with Gasteiger partial charge in [-0.05, 0) is 53.8 Å². The Balaban J connectivity index is 1.87. The van der Waals surface area contributed by atoms with Crippen LogP contribution >= 0.6 is 11.6 Å². The molecule has 144 valence electrons. The minimum Gasteiger partial charge on any atom is -0.366 e. The number of amides is 4. The largest absolute Gasteiger partial charge is 0.366 e. The van der Waals surface area contributed by atoms with Crippen LogP contribution in [0.25, 0.3) is 0 Å². The molecule has 4 amide bonds. The molecule has 2 aliphatic rings. The van der Waals surface area contributed by atoms with Gasteiger partial charge in [0, 0.05) is 5.56 Å². The molecule has 1 saturated heterocycles. The van der Waals surface area contributed by atoms with Crippen molar-refractivity contribution in [3.63, 3.8) is 0 Å². The quantitative estimate of drug-likeness (QED) is 0.769. The Morgan fingerprint density at radius 3 is 2.68 bits per heavy atom. The zero-order valence-corrected chi connectivity index (χ0v) is 15.1. The Morgan fingerprint density at radius 1 is 1.29 bits per heavy atom. The van der Waals surface area contributed by atoms with Gasteiger partial charge in [0.2, 0.25) is 5.91 Å². The van der Waals surface area contributed by atoms with Crippen molar-refractivity contribution in [1.29, 1.82) is 0 Å². The van der Waals surface area contributed by atoms with E-state index in [1.807, 2.05) is 0 Å². The topological polar surface area (TPSA) is 92.5 Å². The van der Waals surface area contributed by atoms with Crippen LogP contribution in [0, 0.1) is 5.82 Å². The van der Waals surface area contributed by atoms with Gasteiger partial charge in [0.1, 0.15) is 18.0 Å². The maximum absolute atomic E-state index is 13.7. The summed E-state index contributed by atoms with van der Waals surface area (Å²) in [5.41, 5.74) is 5.09. The van der Waals surface area contributed by atoms with E-state index in [1.165, 1.54) is 24.3 Å². The van der Waals surface area contributed by atoms with Crippen LogP contribution in [-0.4, -0.2) is 17.8 Å². The van der Waals surface area contributed by atoms with E-state index in [4.69, 9.17) is 17.3 Å². The van der Waals surface area contributed by atoms with Crippen molar-refractivity contribution in [3.05, 3.63) is 63.4 Å². The predicted molar refractivity (Wildman–Crippen MR) is 97.2 cm³/mol. The van der Waals surface area contributed by atoms with Gasteiger partial charge in [0.05, 0.1) is 10.7 Å². The minimum absolute atomic E-state index is 0.0899. The SMILES string of the molecule is NC(=O)c1ccc(CF)c2c1CCC21NC(=O)N(c2ccc(F)c(Cl)c2)C1=O. The third kappa shape index (κ3) is 2.41. The molecule has 2 aromatic rings. The van der Waals surface area contributed by atoms with Crippen LogP contribution in [0.3, 0.4) is 0 Å². The van der Waals surface area contributed by atoms with Crippen molar-refractivity contribution in [1.82, 2.24) is 5.32 Å². The lowest BCUT2D eigenvalue weighted by Crippen LogP contribution is -2.42. The van der Waals surface area contributed by atoms with E-state index >= 15 is 0 Å². The second-order valence-corrected chi connectivity index (χ2v) is 7.11. The lowest BCUT2D eigenvalue weighted by molar-refractivity contribution is -0.122. The fourth-order valence-corrected chi connectivity index (χ4v) is 4.21. The first-order valence-electron chi connectivity index (χ1n) is 8.43. The van der Waals surface area contributed by atoms with Crippen LogP contribution < -0.4 is 16.0 Å². The zero-order valence-electron chi connectivity index (χ0n) is 14.4. The Kier molecular flexibility index (Phi) is 4.11. The molecule has 1 fully saturated rings. The molecular weight excluding hydrogens is 392 g/mol. The molecular formula is C19H14ClF2N3O3. The minimum atomic E-state index is -1.51. The van der Waals surface area contributed by atoms with E-state index in [-0.39, 0.29) is 40.2 Å². The van der Waals surface area contributed by atoms with E-state index < -0.39 is 35.9 Å². The first kappa shape index (κ1) is 18.4. The number of primary amides is 1. The highest BCUT2D eigenvalue weighted by Crippen LogP contribution is 2.45. The maximum atomic E-state index is 13.7. The summed E-state index contributed by atoms with van der Waals surface area (Å²) in [7, 11) is 0. The van der Waals surface area contributed by atoms with E-state index in [1.54, 1.807) is 0 Å². The van der Waals surface area contributed by atoms with Crippen molar-refractivity contribution in [2.24, 2.45) is 5.73 Å². The monoisotopic (exact) mass is 405 g/mol. The van der Waals surface area contributed by atoms with Crippen LogP contribution in [-0.2, 0) is 23.4 Å². The highest BCUT2D eigenvalue weighted by Gasteiger charge is 2.57. The third-order valence-corrected chi connectivity index (χ3v) is 5.53. The number of carbonyl (C=O) groups excluding carboxylic acids is 3. The second kappa shape index (κ2) is 6.27. The van der Waals surface area contributed by atoms with Crippen LogP contribution in [0.5, 0.6) is 0 Å². The van der Waals surface area contributed by atoms with Crippen molar-refractivity contribution in [2.75, 3.05) is 4.90 Å². The molecule has 1 heterocycles. The van der Waals surface area contributed by atoms with Crippen LogP contribution in [0.15, 0.2) is 30.3 Å². The number of urea groups is 1. The summed E-state index contributed by atoms with van der Waals surface area (Å²) >= 11 is 5.78. The molecule has 6 nitrogen and oxygen atoms in total. The molecule has 1 aliphatic carbocycles. The number of nitrogens with zero attached hydrogens (tertiary/aromatic N) is 1. The van der Waals surface area contributed by atoms with Gasteiger partial charge in [0.25, 0.3) is 5.91 Å². The molecule has 1 spiro atoms. The first-order chi connectivity index (χ1) is 13.3. The normalized spacial score (nSPS) is 20.6. The van der Waals surface area contributed by atoms with Crippen molar-refractivity contribution in [3.8, 4) is 0 Å².